The fraction of sp³-hybridized carbons (Fsp3) is 1.00. The normalized spacial score (nSPS) is 14.8. The molecule has 0 aliphatic rings. The number of nitro groups is 1. The number of halogens is 3. The second-order valence-electron chi connectivity index (χ2n) is 1.59. The zero-order valence-corrected chi connectivity index (χ0v) is 6.90. The molecule has 0 fully saturated rings. The smallest absolute Gasteiger partial charge is 0.317 e. The van der Waals surface area contributed by atoms with Gasteiger partial charge >= 0.3 is 6.23 Å². The molecular formula is C3H4Cl3NO3. The first-order valence-electron chi connectivity index (χ1n) is 2.21. The summed E-state index contributed by atoms with van der Waals surface area (Å²) in [5, 5.41) is 18.3. The Morgan fingerprint density at radius 2 is 2.00 bits per heavy atom. The Balaban J connectivity index is 3.80. The average molecular weight is 208 g/mol. The van der Waals surface area contributed by atoms with Crippen LogP contribution in [0.25, 0.3) is 0 Å². The van der Waals surface area contributed by atoms with Crippen LogP contribution in [0.2, 0.25) is 0 Å². The molecule has 1 atom stereocenters. The Bertz CT molecular complexity index is 133. The molecule has 0 bridgehead atoms. The van der Waals surface area contributed by atoms with Crippen LogP contribution in [0, 0.1) is 10.1 Å². The van der Waals surface area contributed by atoms with Gasteiger partial charge in [-0.05, 0) is 0 Å². The monoisotopic (exact) mass is 207 g/mol. The third-order valence-electron chi connectivity index (χ3n) is 0.657. The lowest BCUT2D eigenvalue weighted by Crippen LogP contribution is -2.24. The van der Waals surface area contributed by atoms with Gasteiger partial charge in [-0.25, -0.2) is 0 Å². The molecule has 0 spiro atoms. The molecule has 0 aromatic heterocycles. The minimum atomic E-state index is -1.81. The molecule has 0 aliphatic carbocycles. The number of aliphatic hydroxyl groups excluding tert-OH is 1. The summed E-state index contributed by atoms with van der Waals surface area (Å²) in [6.07, 6.45) is -2.32. The summed E-state index contributed by atoms with van der Waals surface area (Å²) >= 11 is 15.4. The summed E-state index contributed by atoms with van der Waals surface area (Å²) in [6.45, 7) is 0. The lowest BCUT2D eigenvalue weighted by molar-refractivity contribution is -0.571. The summed E-state index contributed by atoms with van der Waals surface area (Å²) in [5.74, 6) is 0. The van der Waals surface area contributed by atoms with Crippen LogP contribution in [0.15, 0.2) is 0 Å². The van der Waals surface area contributed by atoms with Crippen LogP contribution in [0.5, 0.6) is 0 Å². The van der Waals surface area contributed by atoms with E-state index >= 15 is 0 Å². The Hall–Kier alpha value is 0.230. The van der Waals surface area contributed by atoms with E-state index in [0.717, 1.165) is 0 Å². The van der Waals surface area contributed by atoms with Crippen molar-refractivity contribution in [1.82, 2.24) is 0 Å². The summed E-state index contributed by atoms with van der Waals surface area (Å²) in [4.78, 5) is 8.83. The van der Waals surface area contributed by atoms with Crippen LogP contribution in [0.4, 0.5) is 0 Å². The molecule has 0 aliphatic heterocycles. The molecule has 10 heavy (non-hydrogen) atoms. The molecule has 1 unspecified atom stereocenters. The second-order valence-corrected chi connectivity index (χ2v) is 4.10. The van der Waals surface area contributed by atoms with Gasteiger partial charge in [-0.15, -0.1) is 0 Å². The first-order chi connectivity index (χ1) is 4.33. The van der Waals surface area contributed by atoms with Gasteiger partial charge in [-0.3, -0.25) is 10.1 Å². The van der Waals surface area contributed by atoms with Gasteiger partial charge in [0.1, 0.15) is 0 Å². The predicted octanol–water partition coefficient (Wildman–Crippen LogP) is 1.34. The van der Waals surface area contributed by atoms with E-state index in [4.69, 9.17) is 39.9 Å². The van der Waals surface area contributed by atoms with E-state index in [0.29, 0.717) is 0 Å². The summed E-state index contributed by atoms with van der Waals surface area (Å²) in [7, 11) is 0. The molecule has 0 aromatic carbocycles. The SMILES string of the molecule is O=[N+]([O-])C(O)CC(Cl)(Cl)Cl. The van der Waals surface area contributed by atoms with Crippen LogP contribution < -0.4 is 0 Å². The van der Waals surface area contributed by atoms with Gasteiger partial charge in [0.15, 0.2) is 3.79 Å². The Labute approximate surface area is 71.8 Å². The lowest BCUT2D eigenvalue weighted by Gasteiger charge is -2.09. The van der Waals surface area contributed by atoms with Gasteiger partial charge in [-0.1, -0.05) is 34.8 Å². The molecule has 7 heteroatoms. The van der Waals surface area contributed by atoms with E-state index in [1.54, 1.807) is 0 Å². The number of rotatable bonds is 2. The third kappa shape index (κ3) is 5.05. The van der Waals surface area contributed by atoms with E-state index in [9.17, 15) is 10.1 Å². The van der Waals surface area contributed by atoms with Crippen molar-refractivity contribution in [2.75, 3.05) is 0 Å². The van der Waals surface area contributed by atoms with Crippen molar-refractivity contribution < 1.29 is 10.0 Å². The minimum Gasteiger partial charge on any atom is -0.333 e. The quantitative estimate of drug-likeness (QED) is 0.322. The van der Waals surface area contributed by atoms with E-state index in [1.807, 2.05) is 0 Å². The minimum absolute atomic E-state index is 0.509. The average Bonchev–Trinajstić information content (AvgIpc) is 1.60. The molecule has 0 saturated heterocycles. The highest BCUT2D eigenvalue weighted by molar-refractivity contribution is 6.67. The van der Waals surface area contributed by atoms with E-state index in [1.165, 1.54) is 0 Å². The van der Waals surface area contributed by atoms with Crippen molar-refractivity contribution in [1.29, 1.82) is 0 Å². The van der Waals surface area contributed by atoms with E-state index < -0.39 is 21.4 Å². The summed E-state index contributed by atoms with van der Waals surface area (Å²) in [5.41, 5.74) is 0. The maximum atomic E-state index is 9.76. The van der Waals surface area contributed by atoms with Gasteiger partial charge in [-0.2, -0.15) is 0 Å². The molecule has 0 saturated carbocycles. The maximum absolute atomic E-state index is 9.76. The highest BCUT2D eigenvalue weighted by Crippen LogP contribution is 2.31. The van der Waals surface area contributed by atoms with Gasteiger partial charge in [0.05, 0.1) is 11.3 Å². The predicted molar refractivity (Wildman–Crippen MR) is 37.9 cm³/mol. The Morgan fingerprint density at radius 3 is 2.10 bits per heavy atom. The first kappa shape index (κ1) is 10.2. The maximum Gasteiger partial charge on any atom is 0.317 e. The van der Waals surface area contributed by atoms with Crippen molar-refractivity contribution >= 4 is 34.8 Å². The molecule has 4 nitrogen and oxygen atoms in total. The zero-order valence-electron chi connectivity index (χ0n) is 4.63. The van der Waals surface area contributed by atoms with Crippen molar-refractivity contribution in [3.63, 3.8) is 0 Å². The van der Waals surface area contributed by atoms with Gasteiger partial charge in [0, 0.05) is 0 Å². The second kappa shape index (κ2) is 3.57. The molecule has 1 N–H and O–H groups in total. The molecule has 0 aromatic rings. The number of alkyl halides is 3. The standard InChI is InChI=1S/C3H4Cl3NO3/c4-3(5,6)1-2(8)7(9)10/h2,8H,1H2. The summed E-state index contributed by atoms with van der Waals surface area (Å²) < 4.78 is -1.77. The van der Waals surface area contributed by atoms with Crippen LogP contribution in [0.1, 0.15) is 6.42 Å². The largest absolute Gasteiger partial charge is 0.333 e. The fourth-order valence-corrected chi connectivity index (χ4v) is 0.696. The topological polar surface area (TPSA) is 63.4 Å². The number of hydrogen-bond acceptors (Lipinski definition) is 3. The van der Waals surface area contributed by atoms with Crippen molar-refractivity contribution in [3.05, 3.63) is 10.1 Å². The van der Waals surface area contributed by atoms with E-state index in [-0.39, 0.29) is 0 Å². The van der Waals surface area contributed by atoms with Crippen LogP contribution in [0.3, 0.4) is 0 Å². The number of hydrogen-bond donors (Lipinski definition) is 1. The molecule has 0 heterocycles. The highest BCUT2D eigenvalue weighted by Gasteiger charge is 2.30. The molecular weight excluding hydrogens is 204 g/mol. The van der Waals surface area contributed by atoms with Crippen molar-refractivity contribution in [3.8, 4) is 0 Å². The first-order valence-corrected chi connectivity index (χ1v) is 3.34. The van der Waals surface area contributed by atoms with Crippen LogP contribution in [-0.2, 0) is 0 Å². The van der Waals surface area contributed by atoms with E-state index in [2.05, 4.69) is 0 Å². The number of nitrogens with zero attached hydrogens (tertiary/aromatic N) is 1. The van der Waals surface area contributed by atoms with Gasteiger partial charge < -0.3 is 5.11 Å². The molecule has 0 radical (unpaired) electrons. The zero-order chi connectivity index (χ0) is 8.36. The van der Waals surface area contributed by atoms with Crippen LogP contribution >= 0.6 is 34.8 Å². The summed E-state index contributed by atoms with van der Waals surface area (Å²) in [6, 6.07) is 0. The highest BCUT2D eigenvalue weighted by atomic mass is 35.6. The molecule has 0 amide bonds. The fourth-order valence-electron chi connectivity index (χ4n) is 0.282. The number of aliphatic hydroxyl groups is 1. The van der Waals surface area contributed by atoms with Gasteiger partial charge in [0.25, 0.3) is 0 Å². The Morgan fingerprint density at radius 1 is 1.60 bits per heavy atom. The molecule has 60 valence electrons. The van der Waals surface area contributed by atoms with Crippen LogP contribution in [-0.4, -0.2) is 20.1 Å². The van der Waals surface area contributed by atoms with Gasteiger partial charge in [0.2, 0.25) is 0 Å². The Kier molecular flexibility index (Phi) is 3.65. The van der Waals surface area contributed by atoms with Crippen molar-refractivity contribution in [2.24, 2.45) is 0 Å². The van der Waals surface area contributed by atoms with Crippen molar-refractivity contribution in [2.45, 2.75) is 16.4 Å². The molecule has 0 rings (SSSR count). The lowest BCUT2D eigenvalue weighted by atomic mass is 10.4. The third-order valence-corrected chi connectivity index (χ3v) is 1.12.